The molecule has 1 aromatic carbocycles. The standard InChI is InChI=1S/C19H21N5S/c1-2-22(16-8-9-16)14-23-19(25)24(17-6-4-3-5-7-17)18(21-23)15-10-12-20-13-11-15/h3-7,10-13,16H,2,8-9,14H2,1H3. The van der Waals surface area contributed by atoms with Crippen molar-refractivity contribution in [1.29, 1.82) is 0 Å². The number of nitrogens with zero attached hydrogens (tertiary/aromatic N) is 5. The van der Waals surface area contributed by atoms with Gasteiger partial charge >= 0.3 is 0 Å². The van der Waals surface area contributed by atoms with Crippen LogP contribution in [0.2, 0.25) is 0 Å². The van der Waals surface area contributed by atoms with Gasteiger partial charge in [0, 0.05) is 29.7 Å². The first kappa shape index (κ1) is 16.2. The average molecular weight is 351 g/mol. The Bertz CT molecular complexity index is 897. The molecule has 128 valence electrons. The topological polar surface area (TPSA) is 38.9 Å². The Morgan fingerprint density at radius 2 is 1.84 bits per heavy atom. The number of para-hydroxylation sites is 1. The van der Waals surface area contributed by atoms with Crippen LogP contribution in [0.15, 0.2) is 54.9 Å². The molecule has 5 nitrogen and oxygen atoms in total. The second-order valence-electron chi connectivity index (χ2n) is 6.29. The van der Waals surface area contributed by atoms with E-state index in [1.54, 1.807) is 12.4 Å². The van der Waals surface area contributed by atoms with Crippen LogP contribution in [-0.4, -0.2) is 36.8 Å². The van der Waals surface area contributed by atoms with Crippen molar-refractivity contribution >= 4 is 12.2 Å². The highest BCUT2D eigenvalue weighted by Crippen LogP contribution is 2.28. The molecule has 0 aliphatic heterocycles. The Kier molecular flexibility index (Phi) is 4.46. The number of rotatable bonds is 6. The lowest BCUT2D eigenvalue weighted by Gasteiger charge is -2.19. The molecule has 0 amide bonds. The van der Waals surface area contributed by atoms with Gasteiger partial charge in [0.15, 0.2) is 5.82 Å². The minimum atomic E-state index is 0.679. The minimum absolute atomic E-state index is 0.679. The summed E-state index contributed by atoms with van der Waals surface area (Å²) in [6.07, 6.45) is 6.13. The van der Waals surface area contributed by atoms with Crippen molar-refractivity contribution in [3.8, 4) is 17.1 Å². The van der Waals surface area contributed by atoms with E-state index in [0.29, 0.717) is 6.04 Å². The molecule has 1 aliphatic carbocycles. The summed E-state index contributed by atoms with van der Waals surface area (Å²) in [5.74, 6) is 0.852. The molecule has 4 rings (SSSR count). The lowest BCUT2D eigenvalue weighted by Crippen LogP contribution is -2.29. The van der Waals surface area contributed by atoms with Gasteiger partial charge < -0.3 is 0 Å². The molecule has 0 saturated heterocycles. The molecule has 1 saturated carbocycles. The van der Waals surface area contributed by atoms with E-state index in [4.69, 9.17) is 17.3 Å². The molecule has 0 spiro atoms. The fourth-order valence-corrected chi connectivity index (χ4v) is 3.37. The van der Waals surface area contributed by atoms with Crippen LogP contribution in [0.1, 0.15) is 19.8 Å². The molecular weight excluding hydrogens is 330 g/mol. The summed E-state index contributed by atoms with van der Waals surface area (Å²) in [7, 11) is 0. The molecule has 3 aromatic rings. The third kappa shape index (κ3) is 3.27. The van der Waals surface area contributed by atoms with E-state index in [2.05, 4.69) is 28.9 Å². The summed E-state index contributed by atoms with van der Waals surface area (Å²) in [4.78, 5) is 6.56. The zero-order valence-electron chi connectivity index (χ0n) is 14.2. The fraction of sp³-hybridized carbons (Fsp3) is 0.316. The highest BCUT2D eigenvalue weighted by molar-refractivity contribution is 7.71. The normalized spacial score (nSPS) is 14.2. The van der Waals surface area contributed by atoms with Crippen LogP contribution in [0.25, 0.3) is 17.1 Å². The summed E-state index contributed by atoms with van der Waals surface area (Å²) in [6, 6.07) is 14.8. The first-order chi connectivity index (χ1) is 12.3. The van der Waals surface area contributed by atoms with Crippen molar-refractivity contribution in [2.45, 2.75) is 32.5 Å². The van der Waals surface area contributed by atoms with Crippen LogP contribution in [0.4, 0.5) is 0 Å². The maximum absolute atomic E-state index is 5.79. The number of hydrogen-bond acceptors (Lipinski definition) is 4. The van der Waals surface area contributed by atoms with Gasteiger partial charge in [-0.3, -0.25) is 14.5 Å². The molecule has 25 heavy (non-hydrogen) atoms. The van der Waals surface area contributed by atoms with Gasteiger partial charge in [-0.1, -0.05) is 25.1 Å². The van der Waals surface area contributed by atoms with Gasteiger partial charge in [0.2, 0.25) is 4.77 Å². The van der Waals surface area contributed by atoms with Crippen LogP contribution in [0.3, 0.4) is 0 Å². The molecule has 0 atom stereocenters. The van der Waals surface area contributed by atoms with E-state index in [0.717, 1.165) is 35.1 Å². The van der Waals surface area contributed by atoms with E-state index >= 15 is 0 Å². The highest BCUT2D eigenvalue weighted by atomic mass is 32.1. The molecular formula is C19H21N5S. The van der Waals surface area contributed by atoms with E-state index < -0.39 is 0 Å². The van der Waals surface area contributed by atoms with E-state index in [-0.39, 0.29) is 0 Å². The largest absolute Gasteiger partial charge is 0.282 e. The summed E-state index contributed by atoms with van der Waals surface area (Å²) in [5, 5.41) is 4.86. The average Bonchev–Trinajstić information content (AvgIpc) is 3.45. The van der Waals surface area contributed by atoms with Gasteiger partial charge in [0.1, 0.15) is 0 Å². The van der Waals surface area contributed by atoms with Crippen LogP contribution in [0, 0.1) is 4.77 Å². The maximum atomic E-state index is 5.79. The lowest BCUT2D eigenvalue weighted by molar-refractivity contribution is 0.206. The Morgan fingerprint density at radius 3 is 2.48 bits per heavy atom. The van der Waals surface area contributed by atoms with E-state index in [1.807, 2.05) is 39.6 Å². The van der Waals surface area contributed by atoms with E-state index in [9.17, 15) is 0 Å². The number of aromatic nitrogens is 4. The number of benzene rings is 1. The smallest absolute Gasteiger partial charge is 0.204 e. The fourth-order valence-electron chi connectivity index (χ4n) is 3.08. The lowest BCUT2D eigenvalue weighted by atomic mass is 10.2. The molecule has 2 aromatic heterocycles. The molecule has 2 heterocycles. The number of hydrogen-bond donors (Lipinski definition) is 0. The second kappa shape index (κ2) is 6.90. The van der Waals surface area contributed by atoms with Gasteiger partial charge in [-0.05, 0) is 55.9 Å². The van der Waals surface area contributed by atoms with Gasteiger partial charge in [0.05, 0.1) is 6.67 Å². The van der Waals surface area contributed by atoms with E-state index in [1.165, 1.54) is 12.8 Å². The van der Waals surface area contributed by atoms with Crippen LogP contribution in [0.5, 0.6) is 0 Å². The minimum Gasteiger partial charge on any atom is -0.282 e. The van der Waals surface area contributed by atoms with Gasteiger partial charge in [-0.25, -0.2) is 4.68 Å². The van der Waals surface area contributed by atoms with Crippen molar-refractivity contribution in [1.82, 2.24) is 24.2 Å². The van der Waals surface area contributed by atoms with Gasteiger partial charge in [-0.15, -0.1) is 5.10 Å². The molecule has 6 heteroatoms. The summed E-state index contributed by atoms with van der Waals surface area (Å²) < 4.78 is 4.71. The van der Waals surface area contributed by atoms with Crippen LogP contribution >= 0.6 is 12.2 Å². The Labute approximate surface area is 152 Å². The molecule has 0 unspecified atom stereocenters. The van der Waals surface area contributed by atoms with Gasteiger partial charge in [-0.2, -0.15) is 0 Å². The predicted molar refractivity (Wildman–Crippen MR) is 101 cm³/mol. The first-order valence-electron chi connectivity index (χ1n) is 8.67. The number of pyridine rings is 1. The zero-order valence-corrected chi connectivity index (χ0v) is 15.1. The Morgan fingerprint density at radius 1 is 1.12 bits per heavy atom. The van der Waals surface area contributed by atoms with Gasteiger partial charge in [0.25, 0.3) is 0 Å². The van der Waals surface area contributed by atoms with Crippen LogP contribution in [-0.2, 0) is 6.67 Å². The molecule has 0 N–H and O–H groups in total. The monoisotopic (exact) mass is 351 g/mol. The molecule has 1 aliphatic rings. The quantitative estimate of drug-likeness (QED) is 0.631. The van der Waals surface area contributed by atoms with Crippen molar-refractivity contribution < 1.29 is 0 Å². The summed E-state index contributed by atoms with van der Waals surface area (Å²) >= 11 is 5.79. The van der Waals surface area contributed by atoms with Crippen molar-refractivity contribution in [3.05, 3.63) is 59.6 Å². The van der Waals surface area contributed by atoms with Crippen molar-refractivity contribution in [2.75, 3.05) is 6.54 Å². The van der Waals surface area contributed by atoms with Crippen molar-refractivity contribution in [2.24, 2.45) is 0 Å². The zero-order chi connectivity index (χ0) is 17.2. The van der Waals surface area contributed by atoms with Crippen molar-refractivity contribution in [3.63, 3.8) is 0 Å². The summed E-state index contributed by atoms with van der Waals surface area (Å²) in [5.41, 5.74) is 2.04. The third-order valence-electron chi connectivity index (χ3n) is 4.58. The Hall–Kier alpha value is -2.31. The second-order valence-corrected chi connectivity index (χ2v) is 6.66. The summed E-state index contributed by atoms with van der Waals surface area (Å²) in [6.45, 7) is 3.94. The third-order valence-corrected chi connectivity index (χ3v) is 4.97. The van der Waals surface area contributed by atoms with Crippen LogP contribution < -0.4 is 0 Å². The maximum Gasteiger partial charge on any atom is 0.204 e. The molecule has 0 bridgehead atoms. The highest BCUT2D eigenvalue weighted by Gasteiger charge is 2.28. The Balaban J connectivity index is 1.82. The SMILES string of the molecule is CCN(Cn1nc(-c2ccncc2)n(-c2ccccc2)c1=S)C1CC1. The first-order valence-corrected chi connectivity index (χ1v) is 9.08. The molecule has 1 fully saturated rings. The predicted octanol–water partition coefficient (Wildman–Crippen LogP) is 3.91. The molecule has 0 radical (unpaired) electrons.